The largest absolute Gasteiger partial charge is 0.339 e. The molecule has 0 bridgehead atoms. The van der Waals surface area contributed by atoms with E-state index in [9.17, 15) is 4.79 Å². The molecule has 0 N–H and O–H groups in total. The maximum Gasteiger partial charge on any atom is 0.254 e. The van der Waals surface area contributed by atoms with Crippen molar-refractivity contribution in [3.05, 3.63) is 29.8 Å². The Morgan fingerprint density at radius 2 is 1.55 bits per heavy atom. The SMILES string of the molecule is CC(C)CCN(CCC(C)C)C(=O)c1ccccc1S. The third-order valence-corrected chi connectivity index (χ3v) is 3.76. The number of carbonyl (C=O) groups excluding carboxylic acids is 1. The van der Waals surface area contributed by atoms with Gasteiger partial charge in [0.25, 0.3) is 5.91 Å². The van der Waals surface area contributed by atoms with Gasteiger partial charge in [-0.15, -0.1) is 12.6 Å². The minimum atomic E-state index is 0.108. The lowest BCUT2D eigenvalue weighted by molar-refractivity contribution is 0.0737. The summed E-state index contributed by atoms with van der Waals surface area (Å²) in [5, 5.41) is 0. The van der Waals surface area contributed by atoms with Gasteiger partial charge in [-0.05, 0) is 36.8 Å². The van der Waals surface area contributed by atoms with Crippen molar-refractivity contribution in [3.8, 4) is 0 Å². The van der Waals surface area contributed by atoms with Gasteiger partial charge in [0.2, 0.25) is 0 Å². The lowest BCUT2D eigenvalue weighted by atomic mass is 10.1. The zero-order valence-electron chi connectivity index (χ0n) is 13.1. The van der Waals surface area contributed by atoms with Gasteiger partial charge in [-0.2, -0.15) is 0 Å². The van der Waals surface area contributed by atoms with E-state index in [0.717, 1.165) is 30.8 Å². The Hall–Kier alpha value is -0.960. The molecule has 2 nitrogen and oxygen atoms in total. The molecule has 0 atom stereocenters. The molecule has 0 radical (unpaired) electrons. The predicted octanol–water partition coefficient (Wildman–Crippen LogP) is 4.51. The molecule has 1 amide bonds. The van der Waals surface area contributed by atoms with Crippen molar-refractivity contribution in [2.45, 2.75) is 45.4 Å². The van der Waals surface area contributed by atoms with Gasteiger partial charge in [-0.3, -0.25) is 4.79 Å². The smallest absolute Gasteiger partial charge is 0.254 e. The molecule has 0 aliphatic carbocycles. The first-order valence-electron chi connectivity index (χ1n) is 7.49. The molecule has 0 aliphatic rings. The summed E-state index contributed by atoms with van der Waals surface area (Å²) in [6.07, 6.45) is 2.08. The number of hydrogen-bond acceptors (Lipinski definition) is 2. The fourth-order valence-electron chi connectivity index (χ4n) is 1.97. The minimum Gasteiger partial charge on any atom is -0.339 e. The zero-order chi connectivity index (χ0) is 15.1. The van der Waals surface area contributed by atoms with Gasteiger partial charge in [0.1, 0.15) is 0 Å². The summed E-state index contributed by atoms with van der Waals surface area (Å²) in [7, 11) is 0. The zero-order valence-corrected chi connectivity index (χ0v) is 14.0. The summed E-state index contributed by atoms with van der Waals surface area (Å²) in [5.41, 5.74) is 0.711. The van der Waals surface area contributed by atoms with Gasteiger partial charge in [0.15, 0.2) is 0 Å². The molecule has 0 unspecified atom stereocenters. The van der Waals surface area contributed by atoms with Crippen molar-refractivity contribution < 1.29 is 4.79 Å². The molecule has 0 aliphatic heterocycles. The average Bonchev–Trinajstić information content (AvgIpc) is 2.38. The molecule has 0 heterocycles. The van der Waals surface area contributed by atoms with E-state index < -0.39 is 0 Å². The minimum absolute atomic E-state index is 0.108. The summed E-state index contributed by atoms with van der Waals surface area (Å²) in [6, 6.07) is 7.55. The Morgan fingerprint density at radius 1 is 1.05 bits per heavy atom. The fourth-order valence-corrected chi connectivity index (χ4v) is 2.22. The van der Waals surface area contributed by atoms with E-state index in [4.69, 9.17) is 0 Å². The summed E-state index contributed by atoms with van der Waals surface area (Å²) in [4.78, 5) is 15.4. The first-order valence-corrected chi connectivity index (χ1v) is 7.93. The van der Waals surface area contributed by atoms with Crippen LogP contribution < -0.4 is 0 Å². The van der Waals surface area contributed by atoms with E-state index in [1.54, 1.807) is 0 Å². The highest BCUT2D eigenvalue weighted by Gasteiger charge is 2.18. The van der Waals surface area contributed by atoms with Crippen molar-refractivity contribution in [2.24, 2.45) is 11.8 Å². The van der Waals surface area contributed by atoms with Crippen molar-refractivity contribution in [3.63, 3.8) is 0 Å². The quantitative estimate of drug-likeness (QED) is 0.733. The standard InChI is InChI=1S/C17H27NOS/c1-13(2)9-11-18(12-10-14(3)4)17(19)15-7-5-6-8-16(15)20/h5-8,13-14,20H,9-12H2,1-4H3. The number of nitrogens with zero attached hydrogens (tertiary/aromatic N) is 1. The van der Waals surface area contributed by atoms with Crippen LogP contribution in [0.3, 0.4) is 0 Å². The van der Waals surface area contributed by atoms with Crippen LogP contribution in [-0.4, -0.2) is 23.9 Å². The van der Waals surface area contributed by atoms with Gasteiger partial charge in [0.05, 0.1) is 5.56 Å². The molecule has 0 aromatic heterocycles. The molecule has 112 valence electrons. The van der Waals surface area contributed by atoms with Crippen LogP contribution in [0, 0.1) is 11.8 Å². The Bertz CT molecular complexity index is 417. The Labute approximate surface area is 129 Å². The van der Waals surface area contributed by atoms with Gasteiger partial charge in [-0.25, -0.2) is 0 Å². The van der Waals surface area contributed by atoms with Crippen LogP contribution >= 0.6 is 12.6 Å². The Kier molecular flexibility index (Phi) is 7.14. The second-order valence-electron chi connectivity index (χ2n) is 6.17. The summed E-state index contributed by atoms with van der Waals surface area (Å²) < 4.78 is 0. The van der Waals surface area contributed by atoms with Gasteiger partial charge in [0, 0.05) is 18.0 Å². The van der Waals surface area contributed by atoms with E-state index >= 15 is 0 Å². The molecule has 0 fully saturated rings. The molecule has 1 aromatic carbocycles. The van der Waals surface area contributed by atoms with Crippen LogP contribution in [0.4, 0.5) is 0 Å². The van der Waals surface area contributed by atoms with Crippen LogP contribution in [0.1, 0.15) is 50.9 Å². The van der Waals surface area contributed by atoms with Crippen molar-refractivity contribution in [1.29, 1.82) is 0 Å². The van der Waals surface area contributed by atoms with E-state index in [2.05, 4.69) is 40.3 Å². The molecule has 3 heteroatoms. The van der Waals surface area contributed by atoms with Crippen LogP contribution in [-0.2, 0) is 0 Å². The highest BCUT2D eigenvalue weighted by Crippen LogP contribution is 2.17. The van der Waals surface area contributed by atoms with E-state index in [-0.39, 0.29) is 5.91 Å². The van der Waals surface area contributed by atoms with E-state index in [1.165, 1.54) is 0 Å². The Balaban J connectivity index is 2.80. The number of thiol groups is 1. The number of amides is 1. The lowest BCUT2D eigenvalue weighted by Crippen LogP contribution is -2.34. The fraction of sp³-hybridized carbons (Fsp3) is 0.588. The molecular weight excluding hydrogens is 266 g/mol. The number of benzene rings is 1. The van der Waals surface area contributed by atoms with Crippen LogP contribution in [0.25, 0.3) is 0 Å². The highest BCUT2D eigenvalue weighted by molar-refractivity contribution is 7.80. The number of rotatable bonds is 7. The second kappa shape index (κ2) is 8.35. The number of carbonyl (C=O) groups is 1. The summed E-state index contributed by atoms with van der Waals surface area (Å²) >= 11 is 4.40. The van der Waals surface area contributed by atoms with Gasteiger partial charge in [-0.1, -0.05) is 39.8 Å². The van der Waals surface area contributed by atoms with Crippen LogP contribution in [0.5, 0.6) is 0 Å². The lowest BCUT2D eigenvalue weighted by Gasteiger charge is -2.25. The first kappa shape index (κ1) is 17.1. The van der Waals surface area contributed by atoms with Crippen molar-refractivity contribution in [2.75, 3.05) is 13.1 Å². The second-order valence-corrected chi connectivity index (χ2v) is 6.66. The molecule has 0 saturated carbocycles. The van der Waals surface area contributed by atoms with Gasteiger partial charge < -0.3 is 4.90 Å². The predicted molar refractivity (Wildman–Crippen MR) is 88.5 cm³/mol. The molecule has 1 rings (SSSR count). The maximum atomic E-state index is 12.7. The van der Waals surface area contributed by atoms with E-state index in [1.807, 2.05) is 29.2 Å². The normalized spacial score (nSPS) is 11.2. The molecule has 0 saturated heterocycles. The van der Waals surface area contributed by atoms with Crippen LogP contribution in [0.15, 0.2) is 29.2 Å². The topological polar surface area (TPSA) is 20.3 Å². The summed E-state index contributed by atoms with van der Waals surface area (Å²) in [6.45, 7) is 10.4. The Morgan fingerprint density at radius 3 is 2.00 bits per heavy atom. The molecule has 1 aromatic rings. The third kappa shape index (κ3) is 5.58. The van der Waals surface area contributed by atoms with Crippen molar-refractivity contribution in [1.82, 2.24) is 4.90 Å². The summed E-state index contributed by atoms with van der Waals surface area (Å²) in [5.74, 6) is 1.32. The molecule has 0 spiro atoms. The highest BCUT2D eigenvalue weighted by atomic mass is 32.1. The monoisotopic (exact) mass is 293 g/mol. The van der Waals surface area contributed by atoms with Gasteiger partial charge >= 0.3 is 0 Å². The number of hydrogen-bond donors (Lipinski definition) is 1. The molecule has 20 heavy (non-hydrogen) atoms. The first-order chi connectivity index (χ1) is 9.41. The average molecular weight is 293 g/mol. The van der Waals surface area contributed by atoms with Crippen LogP contribution in [0.2, 0.25) is 0 Å². The van der Waals surface area contributed by atoms with Crippen molar-refractivity contribution >= 4 is 18.5 Å². The molecular formula is C17H27NOS. The maximum absolute atomic E-state index is 12.7. The third-order valence-electron chi connectivity index (χ3n) is 3.37. The van der Waals surface area contributed by atoms with E-state index in [0.29, 0.717) is 17.4 Å².